The molecule has 1 fully saturated rings. The summed E-state index contributed by atoms with van der Waals surface area (Å²) in [6.45, 7) is 1.34. The van der Waals surface area contributed by atoms with Crippen molar-refractivity contribution in [1.82, 2.24) is 24.9 Å². The van der Waals surface area contributed by atoms with Crippen LogP contribution in [0.1, 0.15) is 16.8 Å². The fourth-order valence-corrected chi connectivity index (χ4v) is 3.12. The van der Waals surface area contributed by atoms with Crippen molar-refractivity contribution >= 4 is 17.4 Å². The number of aromatic nitrogens is 4. The molecule has 0 bridgehead atoms. The van der Waals surface area contributed by atoms with E-state index in [2.05, 4.69) is 25.4 Å². The van der Waals surface area contributed by atoms with E-state index >= 15 is 0 Å². The third-order valence-electron chi connectivity index (χ3n) is 4.43. The van der Waals surface area contributed by atoms with Crippen molar-refractivity contribution in [2.24, 2.45) is 0 Å². The number of fused-ring (bicyclic) bond motifs is 1. The number of halogens is 1. The van der Waals surface area contributed by atoms with Crippen LogP contribution in [0.15, 0.2) is 36.9 Å². The Labute approximate surface area is 148 Å². The van der Waals surface area contributed by atoms with Gasteiger partial charge in [-0.2, -0.15) is 0 Å². The molecular weight excluding hydrogens is 339 g/mol. The van der Waals surface area contributed by atoms with Crippen LogP contribution in [-0.4, -0.2) is 51.7 Å². The highest BCUT2D eigenvalue weighted by molar-refractivity contribution is 5.94. The second kappa shape index (κ2) is 6.58. The molecule has 0 saturated carbocycles. The highest BCUT2D eigenvalue weighted by atomic mass is 19.1. The normalized spacial score (nSPS) is 16.8. The smallest absolute Gasteiger partial charge is 0.251 e. The molecule has 26 heavy (non-hydrogen) atoms. The summed E-state index contributed by atoms with van der Waals surface area (Å²) in [5, 5.41) is 10.9. The van der Waals surface area contributed by atoms with Crippen LogP contribution >= 0.6 is 0 Å². The van der Waals surface area contributed by atoms with Gasteiger partial charge in [-0.3, -0.25) is 9.20 Å². The van der Waals surface area contributed by atoms with Crippen LogP contribution in [0.3, 0.4) is 0 Å². The molecule has 0 aliphatic carbocycles. The number of carbonyl (C=O) groups is 1. The average molecular weight is 356 g/mol. The van der Waals surface area contributed by atoms with Gasteiger partial charge in [0.15, 0.2) is 17.4 Å². The Balaban J connectivity index is 1.45. The molecule has 1 aromatic carbocycles. The Bertz CT molecular complexity index is 959. The number of nitrogens with zero attached hydrogens (tertiary/aromatic N) is 5. The first-order chi connectivity index (χ1) is 12.7. The topological polar surface area (TPSA) is 84.7 Å². The maximum absolute atomic E-state index is 13.8. The zero-order valence-electron chi connectivity index (χ0n) is 14.1. The fourth-order valence-electron chi connectivity index (χ4n) is 3.12. The van der Waals surface area contributed by atoms with Gasteiger partial charge >= 0.3 is 0 Å². The van der Waals surface area contributed by atoms with Crippen LogP contribution in [0.2, 0.25) is 0 Å². The van der Waals surface area contributed by atoms with E-state index in [1.165, 1.54) is 19.2 Å². The first-order valence-electron chi connectivity index (χ1n) is 8.19. The summed E-state index contributed by atoms with van der Waals surface area (Å²) >= 11 is 0. The molecule has 8 nitrogen and oxygen atoms in total. The summed E-state index contributed by atoms with van der Waals surface area (Å²) in [5.41, 5.74) is 0.941. The molecule has 3 aromatic rings. The number of nitrogens with one attached hydrogen (secondary N) is 1. The third-order valence-corrected chi connectivity index (χ3v) is 4.43. The molecule has 4 rings (SSSR count). The first kappa shape index (κ1) is 16.2. The lowest BCUT2D eigenvalue weighted by Gasteiger charge is -2.18. The first-order valence-corrected chi connectivity index (χ1v) is 8.19. The van der Waals surface area contributed by atoms with Crippen molar-refractivity contribution in [3.63, 3.8) is 0 Å². The zero-order chi connectivity index (χ0) is 18.1. The van der Waals surface area contributed by atoms with E-state index in [9.17, 15) is 9.18 Å². The van der Waals surface area contributed by atoms with E-state index in [0.29, 0.717) is 12.2 Å². The Morgan fingerprint density at radius 2 is 2.31 bits per heavy atom. The van der Waals surface area contributed by atoms with E-state index in [1.54, 1.807) is 29.2 Å². The van der Waals surface area contributed by atoms with Crippen LogP contribution in [0.25, 0.3) is 5.65 Å². The molecule has 0 unspecified atom stereocenters. The number of hydrogen-bond donors (Lipinski definition) is 1. The van der Waals surface area contributed by atoms with Crippen LogP contribution < -0.4 is 15.0 Å². The molecule has 3 heterocycles. The third kappa shape index (κ3) is 2.92. The Morgan fingerprint density at radius 3 is 3.12 bits per heavy atom. The second-order valence-corrected chi connectivity index (χ2v) is 6.07. The minimum Gasteiger partial charge on any atom is -0.494 e. The maximum atomic E-state index is 13.8. The van der Waals surface area contributed by atoms with Gasteiger partial charge < -0.3 is 15.0 Å². The van der Waals surface area contributed by atoms with Gasteiger partial charge in [0.1, 0.15) is 6.33 Å². The van der Waals surface area contributed by atoms with Gasteiger partial charge in [0.25, 0.3) is 5.91 Å². The van der Waals surface area contributed by atoms with Crippen molar-refractivity contribution < 1.29 is 13.9 Å². The minimum absolute atomic E-state index is 0.0577. The van der Waals surface area contributed by atoms with Crippen molar-refractivity contribution in [3.05, 3.63) is 48.3 Å². The van der Waals surface area contributed by atoms with Crippen LogP contribution in [0, 0.1) is 5.82 Å². The molecule has 0 radical (unpaired) electrons. The van der Waals surface area contributed by atoms with Crippen molar-refractivity contribution in [3.8, 4) is 5.75 Å². The molecule has 1 aliphatic heterocycles. The monoisotopic (exact) mass is 356 g/mol. The molecule has 1 N–H and O–H groups in total. The van der Waals surface area contributed by atoms with Gasteiger partial charge in [-0.15, -0.1) is 10.2 Å². The van der Waals surface area contributed by atoms with E-state index in [0.717, 1.165) is 18.8 Å². The molecule has 134 valence electrons. The minimum atomic E-state index is -0.559. The lowest BCUT2D eigenvalue weighted by Crippen LogP contribution is -2.37. The van der Waals surface area contributed by atoms with E-state index < -0.39 is 5.82 Å². The number of methoxy groups -OCH3 is 1. The van der Waals surface area contributed by atoms with Crippen LogP contribution in [0.4, 0.5) is 10.2 Å². The van der Waals surface area contributed by atoms with E-state index in [1.807, 2.05) is 0 Å². The summed E-state index contributed by atoms with van der Waals surface area (Å²) < 4.78 is 20.5. The van der Waals surface area contributed by atoms with Gasteiger partial charge in [0.2, 0.25) is 5.65 Å². The fraction of sp³-hybridized carbons (Fsp3) is 0.294. The van der Waals surface area contributed by atoms with Crippen molar-refractivity contribution in [2.45, 2.75) is 12.5 Å². The summed E-state index contributed by atoms with van der Waals surface area (Å²) in [6.07, 6.45) is 5.86. The SMILES string of the molecule is COc1ccc(C(=O)N[C@@H]2CCN(c3nccn4cnnc34)C2)cc1F. The molecule has 2 aromatic heterocycles. The lowest BCUT2D eigenvalue weighted by molar-refractivity contribution is 0.0940. The summed E-state index contributed by atoms with van der Waals surface area (Å²) in [5.74, 6) is -0.0266. The maximum Gasteiger partial charge on any atom is 0.251 e. The van der Waals surface area contributed by atoms with Gasteiger partial charge in [-0.05, 0) is 24.6 Å². The standard InChI is InChI=1S/C17H17FN6O2/c1-26-14-3-2-11(8-13(14)18)17(25)21-12-4-6-23(9-12)15-16-22-20-10-24(16)7-5-19-15/h2-3,5,7-8,10,12H,4,6,9H2,1H3,(H,21,25)/t12-/m1/s1. The average Bonchev–Trinajstić information content (AvgIpc) is 3.30. The molecular formula is C17H17FN6O2. The van der Waals surface area contributed by atoms with Gasteiger partial charge in [-0.1, -0.05) is 0 Å². The zero-order valence-corrected chi connectivity index (χ0v) is 14.1. The Kier molecular flexibility index (Phi) is 4.11. The predicted molar refractivity (Wildman–Crippen MR) is 91.8 cm³/mol. The number of benzene rings is 1. The van der Waals surface area contributed by atoms with E-state index in [4.69, 9.17) is 4.74 Å². The van der Waals surface area contributed by atoms with Crippen LogP contribution in [0.5, 0.6) is 5.75 Å². The Morgan fingerprint density at radius 1 is 1.42 bits per heavy atom. The van der Waals surface area contributed by atoms with Gasteiger partial charge in [-0.25, -0.2) is 9.37 Å². The highest BCUT2D eigenvalue weighted by Crippen LogP contribution is 2.22. The molecule has 1 amide bonds. The van der Waals surface area contributed by atoms with Crippen LogP contribution in [-0.2, 0) is 0 Å². The lowest BCUT2D eigenvalue weighted by atomic mass is 10.1. The molecule has 0 spiro atoms. The van der Waals surface area contributed by atoms with Crippen molar-refractivity contribution in [1.29, 1.82) is 0 Å². The number of anilines is 1. The van der Waals surface area contributed by atoms with Gasteiger partial charge in [0.05, 0.1) is 7.11 Å². The summed E-state index contributed by atoms with van der Waals surface area (Å²) in [4.78, 5) is 18.8. The molecule has 9 heteroatoms. The highest BCUT2D eigenvalue weighted by Gasteiger charge is 2.27. The second-order valence-electron chi connectivity index (χ2n) is 6.07. The number of carbonyl (C=O) groups excluding carboxylic acids is 1. The molecule has 1 atom stereocenters. The largest absolute Gasteiger partial charge is 0.494 e. The number of hydrogen-bond acceptors (Lipinski definition) is 6. The summed E-state index contributed by atoms with van der Waals surface area (Å²) in [7, 11) is 1.38. The van der Waals surface area contributed by atoms with Gasteiger partial charge in [0, 0.05) is 37.1 Å². The molecule has 1 aliphatic rings. The summed E-state index contributed by atoms with van der Waals surface area (Å²) in [6, 6.07) is 4.11. The number of rotatable bonds is 4. The van der Waals surface area contributed by atoms with E-state index in [-0.39, 0.29) is 23.3 Å². The van der Waals surface area contributed by atoms with Crippen molar-refractivity contribution in [2.75, 3.05) is 25.1 Å². The number of amides is 1. The quantitative estimate of drug-likeness (QED) is 0.758. The number of ether oxygens (including phenoxy) is 1. The predicted octanol–water partition coefficient (Wildman–Crippen LogP) is 1.28. The molecule has 1 saturated heterocycles. The Hall–Kier alpha value is -3.23.